The SMILES string of the molecule is C=CC=C.NCCCCC(N)C(=O)O. The maximum Gasteiger partial charge on any atom is 0.320 e. The summed E-state index contributed by atoms with van der Waals surface area (Å²) in [4.78, 5) is 10.1. The quantitative estimate of drug-likeness (QED) is 0.438. The van der Waals surface area contributed by atoms with Crippen LogP contribution >= 0.6 is 0 Å². The largest absolute Gasteiger partial charge is 0.480 e. The monoisotopic (exact) mass is 200 g/mol. The lowest BCUT2D eigenvalue weighted by Crippen LogP contribution is -2.29. The van der Waals surface area contributed by atoms with Crippen LogP contribution in [0.4, 0.5) is 0 Å². The Morgan fingerprint density at radius 2 is 1.86 bits per heavy atom. The summed E-state index contributed by atoms with van der Waals surface area (Å²) in [5, 5.41) is 8.33. The van der Waals surface area contributed by atoms with Crippen LogP contribution in [-0.2, 0) is 4.79 Å². The van der Waals surface area contributed by atoms with E-state index in [2.05, 4.69) is 13.2 Å². The topological polar surface area (TPSA) is 89.3 Å². The molecule has 1 unspecified atom stereocenters. The van der Waals surface area contributed by atoms with Crippen molar-refractivity contribution in [2.24, 2.45) is 11.5 Å². The normalized spacial score (nSPS) is 10.7. The van der Waals surface area contributed by atoms with Gasteiger partial charge in [-0.1, -0.05) is 31.7 Å². The highest BCUT2D eigenvalue weighted by Gasteiger charge is 2.09. The molecule has 0 fully saturated rings. The Hall–Kier alpha value is -1.13. The molecule has 1 atom stereocenters. The second-order valence-corrected chi connectivity index (χ2v) is 2.70. The fourth-order valence-corrected chi connectivity index (χ4v) is 0.632. The minimum Gasteiger partial charge on any atom is -0.480 e. The zero-order chi connectivity index (χ0) is 11.4. The molecule has 0 spiro atoms. The van der Waals surface area contributed by atoms with Gasteiger partial charge in [-0.25, -0.2) is 0 Å². The molecule has 4 nitrogen and oxygen atoms in total. The van der Waals surface area contributed by atoms with E-state index in [1.165, 1.54) is 0 Å². The zero-order valence-electron chi connectivity index (χ0n) is 8.48. The molecule has 0 amide bonds. The Kier molecular flexibility index (Phi) is 13.0. The van der Waals surface area contributed by atoms with Gasteiger partial charge in [0, 0.05) is 0 Å². The number of nitrogens with two attached hydrogens (primary N) is 2. The summed E-state index contributed by atoms with van der Waals surface area (Å²) in [6.45, 7) is 7.33. The second-order valence-electron chi connectivity index (χ2n) is 2.70. The lowest BCUT2D eigenvalue weighted by molar-refractivity contribution is -0.138. The molecule has 0 aromatic heterocycles. The Balaban J connectivity index is 0. The van der Waals surface area contributed by atoms with Gasteiger partial charge in [0.05, 0.1) is 0 Å². The minimum atomic E-state index is -0.933. The first-order chi connectivity index (χ1) is 6.59. The second kappa shape index (κ2) is 11.9. The van der Waals surface area contributed by atoms with Crippen LogP contribution in [0, 0.1) is 0 Å². The molecular weight excluding hydrogens is 180 g/mol. The Labute approximate surface area is 85.3 Å². The number of allylic oxidation sites excluding steroid dienone is 2. The fourth-order valence-electron chi connectivity index (χ4n) is 0.632. The third-order valence-corrected chi connectivity index (χ3v) is 1.45. The van der Waals surface area contributed by atoms with E-state index in [0.29, 0.717) is 13.0 Å². The molecule has 0 bridgehead atoms. The highest BCUT2D eigenvalue weighted by Crippen LogP contribution is 1.96. The summed E-state index contributed by atoms with van der Waals surface area (Å²) in [5.74, 6) is -0.933. The van der Waals surface area contributed by atoms with Crippen LogP contribution < -0.4 is 11.5 Å². The summed E-state index contributed by atoms with van der Waals surface area (Å²) in [6, 6.07) is -0.716. The van der Waals surface area contributed by atoms with Crippen molar-refractivity contribution in [3.63, 3.8) is 0 Å². The van der Waals surface area contributed by atoms with Gasteiger partial charge in [0.1, 0.15) is 6.04 Å². The van der Waals surface area contributed by atoms with Crippen molar-refractivity contribution in [3.05, 3.63) is 25.3 Å². The van der Waals surface area contributed by atoms with E-state index >= 15 is 0 Å². The Morgan fingerprint density at radius 1 is 1.36 bits per heavy atom. The van der Waals surface area contributed by atoms with Gasteiger partial charge in [-0.15, -0.1) is 0 Å². The van der Waals surface area contributed by atoms with Crippen molar-refractivity contribution in [2.75, 3.05) is 6.54 Å². The van der Waals surface area contributed by atoms with Crippen LogP contribution in [0.15, 0.2) is 25.3 Å². The molecule has 0 aliphatic carbocycles. The van der Waals surface area contributed by atoms with Gasteiger partial charge in [0.25, 0.3) is 0 Å². The van der Waals surface area contributed by atoms with E-state index in [9.17, 15) is 4.79 Å². The predicted octanol–water partition coefficient (Wildman–Crippen LogP) is 0.886. The standard InChI is InChI=1S/C6H14N2O2.C4H6/c7-4-2-1-3-5(8)6(9)10;1-3-4-2/h5H,1-4,7-8H2,(H,9,10);3-4H,1-2H2. The van der Waals surface area contributed by atoms with Crippen molar-refractivity contribution >= 4 is 5.97 Å². The van der Waals surface area contributed by atoms with Crippen molar-refractivity contribution < 1.29 is 9.90 Å². The maximum atomic E-state index is 10.1. The van der Waals surface area contributed by atoms with Crippen LogP contribution in [0.3, 0.4) is 0 Å². The van der Waals surface area contributed by atoms with Crippen LogP contribution in [0.25, 0.3) is 0 Å². The number of aliphatic carboxylic acids is 1. The summed E-state index contributed by atoms with van der Waals surface area (Å²) < 4.78 is 0. The van der Waals surface area contributed by atoms with Gasteiger partial charge in [0.2, 0.25) is 0 Å². The molecule has 5 N–H and O–H groups in total. The van der Waals surface area contributed by atoms with Crippen molar-refractivity contribution in [3.8, 4) is 0 Å². The minimum absolute atomic E-state index is 0.520. The third kappa shape index (κ3) is 13.5. The molecule has 14 heavy (non-hydrogen) atoms. The summed E-state index contributed by atoms with van der Waals surface area (Å²) in [5.41, 5.74) is 10.4. The number of unbranched alkanes of at least 4 members (excludes halogenated alkanes) is 1. The van der Waals surface area contributed by atoms with E-state index in [0.717, 1.165) is 12.8 Å². The van der Waals surface area contributed by atoms with Gasteiger partial charge in [0.15, 0.2) is 0 Å². The molecular formula is C10H20N2O2. The Morgan fingerprint density at radius 3 is 2.14 bits per heavy atom. The summed E-state index contributed by atoms with van der Waals surface area (Å²) in [7, 11) is 0. The van der Waals surface area contributed by atoms with E-state index < -0.39 is 12.0 Å². The molecule has 0 saturated heterocycles. The van der Waals surface area contributed by atoms with Crippen LogP contribution in [0.1, 0.15) is 19.3 Å². The van der Waals surface area contributed by atoms with E-state index in [4.69, 9.17) is 16.6 Å². The molecule has 0 aliphatic rings. The average molecular weight is 200 g/mol. The highest BCUT2D eigenvalue weighted by molar-refractivity contribution is 5.72. The molecule has 0 aromatic carbocycles. The van der Waals surface area contributed by atoms with Gasteiger partial charge in [-0.3, -0.25) is 4.79 Å². The number of hydrogen-bond acceptors (Lipinski definition) is 3. The predicted molar refractivity (Wildman–Crippen MR) is 58.9 cm³/mol. The molecule has 0 saturated carbocycles. The van der Waals surface area contributed by atoms with Gasteiger partial charge in [-0.05, 0) is 19.4 Å². The van der Waals surface area contributed by atoms with Gasteiger partial charge >= 0.3 is 5.97 Å². The molecule has 82 valence electrons. The molecule has 4 heteroatoms. The summed E-state index contributed by atoms with van der Waals surface area (Å²) >= 11 is 0. The third-order valence-electron chi connectivity index (χ3n) is 1.45. The first-order valence-corrected chi connectivity index (χ1v) is 4.52. The average Bonchev–Trinajstić information content (AvgIpc) is 2.18. The lowest BCUT2D eigenvalue weighted by Gasteiger charge is -2.03. The number of carbonyl (C=O) groups is 1. The molecule has 0 radical (unpaired) electrons. The highest BCUT2D eigenvalue weighted by atomic mass is 16.4. The van der Waals surface area contributed by atoms with E-state index in [1.807, 2.05) is 0 Å². The van der Waals surface area contributed by atoms with Crippen LogP contribution in [0.5, 0.6) is 0 Å². The molecule has 0 heterocycles. The van der Waals surface area contributed by atoms with Gasteiger partial charge < -0.3 is 16.6 Å². The maximum absolute atomic E-state index is 10.1. The Bertz CT molecular complexity index is 164. The lowest BCUT2D eigenvalue weighted by atomic mass is 10.1. The fraction of sp³-hybridized carbons (Fsp3) is 0.500. The smallest absolute Gasteiger partial charge is 0.320 e. The van der Waals surface area contributed by atoms with Crippen LogP contribution in [-0.4, -0.2) is 23.7 Å². The molecule has 0 aliphatic heterocycles. The van der Waals surface area contributed by atoms with E-state index in [-0.39, 0.29) is 0 Å². The molecule has 0 rings (SSSR count). The van der Waals surface area contributed by atoms with E-state index in [1.54, 1.807) is 12.2 Å². The van der Waals surface area contributed by atoms with Crippen molar-refractivity contribution in [2.45, 2.75) is 25.3 Å². The van der Waals surface area contributed by atoms with Gasteiger partial charge in [-0.2, -0.15) is 0 Å². The first kappa shape index (κ1) is 15.3. The number of hydrogen-bond donors (Lipinski definition) is 3. The van der Waals surface area contributed by atoms with Crippen LogP contribution in [0.2, 0.25) is 0 Å². The summed E-state index contributed by atoms with van der Waals surface area (Å²) in [6.07, 6.45) is 5.44. The number of rotatable bonds is 6. The first-order valence-electron chi connectivity index (χ1n) is 4.52. The zero-order valence-corrected chi connectivity index (χ0v) is 8.48. The number of carboxylic acid groups (broad SMARTS) is 1. The van der Waals surface area contributed by atoms with Crippen molar-refractivity contribution in [1.29, 1.82) is 0 Å². The number of carboxylic acids is 1. The molecule has 0 aromatic rings. The van der Waals surface area contributed by atoms with Crippen molar-refractivity contribution in [1.82, 2.24) is 0 Å².